The van der Waals surface area contributed by atoms with Crippen LogP contribution >= 0.6 is 0 Å². The normalized spacial score (nSPS) is 18.4. The summed E-state index contributed by atoms with van der Waals surface area (Å²) in [5.74, 6) is 1.33. The number of morpholine rings is 1. The van der Waals surface area contributed by atoms with Crippen LogP contribution < -0.4 is 9.47 Å². The number of halogens is 1. The molecule has 31 heavy (non-hydrogen) atoms. The van der Waals surface area contributed by atoms with Gasteiger partial charge in [0.2, 0.25) is 6.79 Å². The van der Waals surface area contributed by atoms with Crippen molar-refractivity contribution in [2.45, 2.75) is 26.5 Å². The van der Waals surface area contributed by atoms with Crippen LogP contribution in [0.5, 0.6) is 11.5 Å². The van der Waals surface area contributed by atoms with Crippen LogP contribution in [0, 0.1) is 11.7 Å². The summed E-state index contributed by atoms with van der Waals surface area (Å²) in [6.07, 6.45) is -0.128. The van der Waals surface area contributed by atoms with Gasteiger partial charge in [0, 0.05) is 43.9 Å². The van der Waals surface area contributed by atoms with Crippen molar-refractivity contribution in [2.24, 2.45) is 5.92 Å². The molecule has 4 rings (SSSR count). The summed E-state index contributed by atoms with van der Waals surface area (Å²) < 4.78 is 30.8. The molecule has 1 amide bonds. The lowest BCUT2D eigenvalue weighted by Crippen LogP contribution is -2.49. The zero-order chi connectivity index (χ0) is 21.8. The molecule has 6 nitrogen and oxygen atoms in total. The first-order chi connectivity index (χ1) is 15.0. The summed E-state index contributed by atoms with van der Waals surface area (Å²) in [5.41, 5.74) is 1.25. The van der Waals surface area contributed by atoms with Gasteiger partial charge in [-0.3, -0.25) is 9.69 Å². The number of fused-ring (bicyclic) bond motifs is 1. The molecule has 2 aliphatic rings. The Kier molecular flexibility index (Phi) is 6.73. The molecule has 2 aliphatic heterocycles. The maximum atomic E-state index is 14.1. The number of nitrogens with zero attached hydrogens (tertiary/aromatic N) is 2. The largest absolute Gasteiger partial charge is 0.454 e. The molecule has 7 heteroatoms. The van der Waals surface area contributed by atoms with E-state index in [1.54, 1.807) is 24.3 Å². The fraction of sp³-hybridized carbons (Fsp3) is 0.458. The number of hydrogen-bond donors (Lipinski definition) is 0. The van der Waals surface area contributed by atoms with Gasteiger partial charge in [0.25, 0.3) is 5.91 Å². The van der Waals surface area contributed by atoms with Crippen molar-refractivity contribution >= 4 is 5.91 Å². The van der Waals surface area contributed by atoms with Crippen LogP contribution in [-0.4, -0.2) is 61.4 Å². The van der Waals surface area contributed by atoms with E-state index < -0.39 is 0 Å². The second-order valence-electron chi connectivity index (χ2n) is 8.49. The summed E-state index contributed by atoms with van der Waals surface area (Å²) in [6.45, 7) is 7.95. The summed E-state index contributed by atoms with van der Waals surface area (Å²) >= 11 is 0. The molecular weight excluding hydrogens is 399 g/mol. The fourth-order valence-corrected chi connectivity index (χ4v) is 4.04. The van der Waals surface area contributed by atoms with Crippen LogP contribution in [0.4, 0.5) is 4.39 Å². The molecule has 2 aromatic rings. The van der Waals surface area contributed by atoms with E-state index in [4.69, 9.17) is 14.2 Å². The van der Waals surface area contributed by atoms with Crippen molar-refractivity contribution in [3.8, 4) is 11.5 Å². The molecular formula is C24H29FN2O4. The van der Waals surface area contributed by atoms with Crippen LogP contribution in [-0.2, 0) is 11.3 Å². The minimum absolute atomic E-state index is 0.0539. The van der Waals surface area contributed by atoms with Crippen LogP contribution in [0.1, 0.15) is 29.8 Å². The zero-order valence-corrected chi connectivity index (χ0v) is 18.1. The molecule has 2 heterocycles. The molecule has 0 saturated carbocycles. The highest BCUT2D eigenvalue weighted by Gasteiger charge is 2.27. The van der Waals surface area contributed by atoms with Gasteiger partial charge in [-0.2, -0.15) is 0 Å². The zero-order valence-electron chi connectivity index (χ0n) is 18.1. The molecule has 1 saturated heterocycles. The summed E-state index contributed by atoms with van der Waals surface area (Å²) in [5, 5.41) is 0. The lowest BCUT2D eigenvalue weighted by molar-refractivity contribution is -0.0440. The highest BCUT2D eigenvalue weighted by molar-refractivity contribution is 5.95. The Hall–Kier alpha value is -2.64. The van der Waals surface area contributed by atoms with E-state index in [-0.39, 0.29) is 24.6 Å². The summed E-state index contributed by atoms with van der Waals surface area (Å²) in [6, 6.07) is 12.1. The number of carbonyl (C=O) groups excluding carboxylic acids is 1. The molecule has 1 unspecified atom stereocenters. The van der Waals surface area contributed by atoms with Crippen molar-refractivity contribution in [2.75, 3.05) is 39.6 Å². The average Bonchev–Trinajstić information content (AvgIpc) is 3.22. The van der Waals surface area contributed by atoms with E-state index >= 15 is 0 Å². The first-order valence-electron chi connectivity index (χ1n) is 10.8. The summed E-state index contributed by atoms with van der Waals surface area (Å²) in [4.78, 5) is 17.3. The van der Waals surface area contributed by atoms with Gasteiger partial charge in [-0.15, -0.1) is 0 Å². The van der Waals surface area contributed by atoms with Gasteiger partial charge in [0.05, 0.1) is 12.7 Å². The first-order valence-corrected chi connectivity index (χ1v) is 10.8. The Balaban J connectivity index is 1.43. The number of carbonyl (C=O) groups is 1. The van der Waals surface area contributed by atoms with E-state index in [0.717, 1.165) is 6.54 Å². The van der Waals surface area contributed by atoms with Crippen LogP contribution in [0.2, 0.25) is 0 Å². The molecule has 166 valence electrons. The molecule has 0 spiro atoms. The molecule has 1 fully saturated rings. The smallest absolute Gasteiger partial charge is 0.254 e. The van der Waals surface area contributed by atoms with Gasteiger partial charge in [-0.1, -0.05) is 32.0 Å². The van der Waals surface area contributed by atoms with Gasteiger partial charge in [-0.05, 0) is 30.2 Å². The third-order valence-corrected chi connectivity index (χ3v) is 5.49. The van der Waals surface area contributed by atoms with Gasteiger partial charge < -0.3 is 19.1 Å². The van der Waals surface area contributed by atoms with Crippen molar-refractivity contribution in [3.63, 3.8) is 0 Å². The highest BCUT2D eigenvalue weighted by Crippen LogP contribution is 2.33. The Bertz CT molecular complexity index is 920. The number of hydrogen-bond acceptors (Lipinski definition) is 5. The molecule has 0 bridgehead atoms. The maximum absolute atomic E-state index is 14.1. The SMILES string of the molecule is CC(C)CN(CC1CN(Cc2ccccc2F)CCO1)C(=O)c1ccc2c(c1)OCO2. The van der Waals surface area contributed by atoms with Gasteiger partial charge in [0.1, 0.15) is 5.82 Å². The molecule has 0 aliphatic carbocycles. The third kappa shape index (κ3) is 5.35. The van der Waals surface area contributed by atoms with Gasteiger partial charge in [0.15, 0.2) is 11.5 Å². The van der Waals surface area contributed by atoms with Crippen molar-refractivity contribution < 1.29 is 23.4 Å². The van der Waals surface area contributed by atoms with E-state index in [1.165, 1.54) is 6.07 Å². The van der Waals surface area contributed by atoms with E-state index in [2.05, 4.69) is 18.7 Å². The van der Waals surface area contributed by atoms with Crippen LogP contribution in [0.3, 0.4) is 0 Å². The number of ether oxygens (including phenoxy) is 3. The highest BCUT2D eigenvalue weighted by atomic mass is 19.1. The molecule has 0 radical (unpaired) electrons. The number of amides is 1. The molecule has 1 atom stereocenters. The van der Waals surface area contributed by atoms with E-state index in [9.17, 15) is 9.18 Å². The number of rotatable bonds is 7. The maximum Gasteiger partial charge on any atom is 0.254 e. The molecule has 2 aromatic carbocycles. The lowest BCUT2D eigenvalue weighted by Gasteiger charge is -2.36. The first kappa shape index (κ1) is 21.6. The van der Waals surface area contributed by atoms with Crippen LogP contribution in [0.15, 0.2) is 42.5 Å². The predicted octanol–water partition coefficient (Wildman–Crippen LogP) is 3.55. The van der Waals surface area contributed by atoms with E-state index in [0.29, 0.717) is 61.3 Å². The molecule has 0 N–H and O–H groups in total. The fourth-order valence-electron chi connectivity index (χ4n) is 4.04. The standard InChI is InChI=1S/C24H29FN2O4/c1-17(2)12-27(24(28)18-7-8-22-23(11-18)31-16-30-22)15-20-14-26(9-10-29-20)13-19-5-3-4-6-21(19)25/h3-8,11,17,20H,9-10,12-16H2,1-2H3. The summed E-state index contributed by atoms with van der Waals surface area (Å²) in [7, 11) is 0. The second-order valence-corrected chi connectivity index (χ2v) is 8.49. The second kappa shape index (κ2) is 9.66. The van der Waals surface area contributed by atoms with Crippen molar-refractivity contribution in [1.82, 2.24) is 9.80 Å². The topological polar surface area (TPSA) is 51.2 Å². The Morgan fingerprint density at radius 1 is 1.19 bits per heavy atom. The molecule has 0 aromatic heterocycles. The van der Waals surface area contributed by atoms with Crippen LogP contribution in [0.25, 0.3) is 0 Å². The van der Waals surface area contributed by atoms with Crippen molar-refractivity contribution in [3.05, 3.63) is 59.4 Å². The quantitative estimate of drug-likeness (QED) is 0.675. The Labute approximate surface area is 182 Å². The monoisotopic (exact) mass is 428 g/mol. The van der Waals surface area contributed by atoms with Crippen molar-refractivity contribution in [1.29, 1.82) is 0 Å². The lowest BCUT2D eigenvalue weighted by atomic mass is 10.1. The van der Waals surface area contributed by atoms with Gasteiger partial charge >= 0.3 is 0 Å². The average molecular weight is 429 g/mol. The minimum Gasteiger partial charge on any atom is -0.454 e. The Morgan fingerprint density at radius 3 is 2.81 bits per heavy atom. The Morgan fingerprint density at radius 2 is 2.00 bits per heavy atom. The minimum atomic E-state index is -0.190. The number of benzene rings is 2. The van der Waals surface area contributed by atoms with Gasteiger partial charge in [-0.25, -0.2) is 4.39 Å². The van der Waals surface area contributed by atoms with E-state index in [1.807, 2.05) is 17.0 Å². The third-order valence-electron chi connectivity index (χ3n) is 5.49. The predicted molar refractivity (Wildman–Crippen MR) is 115 cm³/mol.